The van der Waals surface area contributed by atoms with E-state index in [2.05, 4.69) is 5.32 Å². The van der Waals surface area contributed by atoms with E-state index in [-0.39, 0.29) is 18.6 Å². The van der Waals surface area contributed by atoms with Crippen molar-refractivity contribution in [2.45, 2.75) is 32.5 Å². The van der Waals surface area contributed by atoms with Gasteiger partial charge in [-0.3, -0.25) is 9.69 Å². The second-order valence-corrected chi connectivity index (χ2v) is 7.78. The number of carbonyl (C=O) groups is 1. The fourth-order valence-electron chi connectivity index (χ4n) is 4.16. The first kappa shape index (κ1) is 19.5. The van der Waals surface area contributed by atoms with Crippen LogP contribution in [0.25, 0.3) is 0 Å². The molecule has 2 aliphatic rings. The van der Waals surface area contributed by atoms with E-state index in [1.54, 1.807) is 14.0 Å². The largest absolute Gasteiger partial charge is 0.497 e. The van der Waals surface area contributed by atoms with Gasteiger partial charge in [0.15, 0.2) is 5.11 Å². The number of nitrogens with one attached hydrogen (secondary N) is 1. The summed E-state index contributed by atoms with van der Waals surface area (Å²) in [6, 6.07) is 13.2. The molecule has 2 aromatic rings. The molecule has 0 amide bonds. The number of benzene rings is 2. The predicted octanol–water partition coefficient (Wildman–Crippen LogP) is 3.73. The number of hydrogen-bond acceptors (Lipinski definition) is 5. The number of hydrogen-bond donors (Lipinski definition) is 1. The van der Waals surface area contributed by atoms with Gasteiger partial charge in [-0.25, -0.2) is 0 Å². The molecule has 29 heavy (non-hydrogen) atoms. The van der Waals surface area contributed by atoms with E-state index in [0.29, 0.717) is 16.6 Å². The van der Waals surface area contributed by atoms with Gasteiger partial charge < -0.3 is 19.5 Å². The molecular weight excluding hydrogens is 388 g/mol. The highest BCUT2D eigenvalue weighted by Gasteiger charge is 2.59. The third kappa shape index (κ3) is 3.09. The fourth-order valence-corrected chi connectivity index (χ4v) is 4.58. The Morgan fingerprint density at radius 3 is 2.66 bits per heavy atom. The minimum Gasteiger partial charge on any atom is -0.497 e. The van der Waals surface area contributed by atoms with E-state index in [0.717, 1.165) is 16.8 Å². The molecule has 2 heterocycles. The van der Waals surface area contributed by atoms with Gasteiger partial charge in [0.1, 0.15) is 17.4 Å². The van der Waals surface area contributed by atoms with Gasteiger partial charge in [-0.05, 0) is 63.3 Å². The zero-order valence-corrected chi connectivity index (χ0v) is 17.7. The number of esters is 1. The molecule has 1 fully saturated rings. The number of anilines is 1. The summed E-state index contributed by atoms with van der Waals surface area (Å²) < 4.78 is 17.3. The second kappa shape index (κ2) is 7.22. The van der Waals surface area contributed by atoms with Crippen molar-refractivity contribution in [1.29, 1.82) is 0 Å². The molecule has 6 nitrogen and oxygen atoms in total. The first-order valence-electron chi connectivity index (χ1n) is 9.60. The number of ether oxygens (including phenoxy) is 3. The summed E-state index contributed by atoms with van der Waals surface area (Å²) >= 11 is 5.71. The lowest BCUT2D eigenvalue weighted by Crippen LogP contribution is -2.71. The zero-order valence-electron chi connectivity index (χ0n) is 16.9. The second-order valence-electron chi connectivity index (χ2n) is 7.39. The lowest BCUT2D eigenvalue weighted by atomic mass is 9.79. The van der Waals surface area contributed by atoms with Crippen molar-refractivity contribution in [1.82, 2.24) is 5.32 Å². The van der Waals surface area contributed by atoms with E-state index in [9.17, 15) is 4.79 Å². The van der Waals surface area contributed by atoms with Crippen LogP contribution in [0, 0.1) is 12.8 Å². The molecular formula is C22H24N2O4S. The van der Waals surface area contributed by atoms with Crippen molar-refractivity contribution >= 4 is 29.0 Å². The molecule has 3 atom stereocenters. The summed E-state index contributed by atoms with van der Waals surface area (Å²) in [5, 5.41) is 3.85. The standard InChI is InChI=1S/C22H24N2O4S/c1-5-27-20(25)18-19-16-12-15(26-4)10-11-17(16)28-22(18,3)24(21(29)23-19)14-8-6-13(2)7-9-14/h6-12,18-19H,5H2,1-4H3,(H,23,29)/t18-,19-,22-/m0/s1. The van der Waals surface area contributed by atoms with Crippen LogP contribution >= 0.6 is 12.2 Å². The average Bonchev–Trinajstić information content (AvgIpc) is 2.68. The Hall–Kier alpha value is -2.80. The van der Waals surface area contributed by atoms with Crippen molar-refractivity contribution < 1.29 is 19.0 Å². The Morgan fingerprint density at radius 1 is 1.28 bits per heavy atom. The first-order chi connectivity index (χ1) is 13.9. The molecule has 2 aliphatic heterocycles. The molecule has 0 spiro atoms. The number of aryl methyl sites for hydroxylation is 1. The van der Waals surface area contributed by atoms with Gasteiger partial charge >= 0.3 is 5.97 Å². The third-order valence-corrected chi connectivity index (χ3v) is 5.84. The molecule has 2 aromatic carbocycles. The van der Waals surface area contributed by atoms with Crippen LogP contribution in [0.4, 0.5) is 5.69 Å². The Bertz CT molecular complexity index is 962. The van der Waals surface area contributed by atoms with Gasteiger partial charge in [0, 0.05) is 11.3 Å². The Morgan fingerprint density at radius 2 is 2.00 bits per heavy atom. The smallest absolute Gasteiger partial charge is 0.317 e. The van der Waals surface area contributed by atoms with E-state index in [1.165, 1.54) is 0 Å². The van der Waals surface area contributed by atoms with Crippen molar-refractivity contribution in [3.8, 4) is 11.5 Å². The number of fused-ring (bicyclic) bond motifs is 4. The molecule has 152 valence electrons. The van der Waals surface area contributed by atoms with Crippen LogP contribution in [0.1, 0.15) is 31.0 Å². The van der Waals surface area contributed by atoms with Crippen molar-refractivity contribution in [2.24, 2.45) is 5.92 Å². The maximum Gasteiger partial charge on any atom is 0.317 e. The van der Waals surface area contributed by atoms with Crippen LogP contribution in [-0.2, 0) is 9.53 Å². The van der Waals surface area contributed by atoms with Crippen LogP contribution in [0.3, 0.4) is 0 Å². The number of nitrogens with zero attached hydrogens (tertiary/aromatic N) is 1. The topological polar surface area (TPSA) is 60.0 Å². The Kier molecular flexibility index (Phi) is 4.86. The molecule has 0 radical (unpaired) electrons. The lowest BCUT2D eigenvalue weighted by molar-refractivity contribution is -0.159. The molecule has 2 bridgehead atoms. The van der Waals surface area contributed by atoms with Gasteiger partial charge in [0.25, 0.3) is 0 Å². The maximum atomic E-state index is 13.1. The highest BCUT2D eigenvalue weighted by molar-refractivity contribution is 7.80. The van der Waals surface area contributed by atoms with Crippen LogP contribution in [-0.4, -0.2) is 30.5 Å². The highest BCUT2D eigenvalue weighted by atomic mass is 32.1. The number of rotatable bonds is 4. The summed E-state index contributed by atoms with van der Waals surface area (Å²) in [4.78, 5) is 14.9. The van der Waals surface area contributed by atoms with Crippen LogP contribution in [0.2, 0.25) is 0 Å². The van der Waals surface area contributed by atoms with E-state index in [1.807, 2.05) is 61.2 Å². The van der Waals surface area contributed by atoms with Gasteiger partial charge in [-0.1, -0.05) is 17.7 Å². The number of methoxy groups -OCH3 is 1. The first-order valence-corrected chi connectivity index (χ1v) is 10.0. The fraction of sp³-hybridized carbons (Fsp3) is 0.364. The predicted molar refractivity (Wildman–Crippen MR) is 114 cm³/mol. The molecule has 4 rings (SSSR count). The van der Waals surface area contributed by atoms with Crippen LogP contribution < -0.4 is 19.7 Å². The SMILES string of the molecule is CCOC(=O)[C@@H]1[C@H]2NC(=S)N(c3ccc(C)cc3)[C@@]1(C)Oc1ccc(OC)cc12. The zero-order chi connectivity index (χ0) is 20.8. The maximum absolute atomic E-state index is 13.1. The Balaban J connectivity index is 1.88. The molecule has 1 N–H and O–H groups in total. The molecule has 0 aliphatic carbocycles. The Labute approximate surface area is 175 Å². The van der Waals surface area contributed by atoms with E-state index >= 15 is 0 Å². The molecule has 0 unspecified atom stereocenters. The monoisotopic (exact) mass is 412 g/mol. The highest BCUT2D eigenvalue weighted by Crippen LogP contribution is 2.50. The summed E-state index contributed by atoms with van der Waals surface area (Å²) in [6.07, 6.45) is 0. The number of thiocarbonyl (C=S) groups is 1. The van der Waals surface area contributed by atoms with Crippen molar-refractivity contribution in [3.05, 3.63) is 53.6 Å². The normalized spacial score (nSPS) is 24.8. The minimum absolute atomic E-state index is 0.290. The lowest BCUT2D eigenvalue weighted by Gasteiger charge is -2.55. The van der Waals surface area contributed by atoms with Gasteiger partial charge in [-0.2, -0.15) is 0 Å². The van der Waals surface area contributed by atoms with Gasteiger partial charge in [-0.15, -0.1) is 0 Å². The average molecular weight is 413 g/mol. The summed E-state index contributed by atoms with van der Waals surface area (Å²) in [5.41, 5.74) is 1.76. The summed E-state index contributed by atoms with van der Waals surface area (Å²) in [6.45, 7) is 6.00. The van der Waals surface area contributed by atoms with Gasteiger partial charge in [0.05, 0.1) is 19.8 Å². The molecule has 0 saturated carbocycles. The summed E-state index contributed by atoms with van der Waals surface area (Å²) in [7, 11) is 1.61. The summed E-state index contributed by atoms with van der Waals surface area (Å²) in [5.74, 6) is 0.411. The molecule has 1 saturated heterocycles. The van der Waals surface area contributed by atoms with Gasteiger partial charge in [0.2, 0.25) is 5.72 Å². The third-order valence-electron chi connectivity index (χ3n) is 5.54. The van der Waals surface area contributed by atoms with Crippen molar-refractivity contribution in [2.75, 3.05) is 18.6 Å². The van der Waals surface area contributed by atoms with Crippen molar-refractivity contribution in [3.63, 3.8) is 0 Å². The van der Waals surface area contributed by atoms with Crippen LogP contribution in [0.5, 0.6) is 11.5 Å². The molecule has 0 aromatic heterocycles. The molecule has 7 heteroatoms. The van der Waals surface area contributed by atoms with Crippen LogP contribution in [0.15, 0.2) is 42.5 Å². The quantitative estimate of drug-likeness (QED) is 0.607. The van der Waals surface area contributed by atoms with E-state index in [4.69, 9.17) is 26.4 Å². The van der Waals surface area contributed by atoms with E-state index < -0.39 is 11.6 Å². The minimum atomic E-state index is -1.05. The number of carbonyl (C=O) groups excluding carboxylic acids is 1.